The van der Waals surface area contributed by atoms with E-state index in [1.807, 2.05) is 68.4 Å². The number of carbonyl (C=O) groups is 2. The van der Waals surface area contributed by atoms with Crippen molar-refractivity contribution in [3.05, 3.63) is 71.3 Å². The van der Waals surface area contributed by atoms with Crippen LogP contribution < -0.4 is 0 Å². The molecule has 1 aliphatic carbocycles. The highest BCUT2D eigenvalue weighted by atomic mass is 16.1. The molecule has 3 rings (SSSR count). The first-order chi connectivity index (χ1) is 11.6. The van der Waals surface area contributed by atoms with Gasteiger partial charge in [0.25, 0.3) is 0 Å². The van der Waals surface area contributed by atoms with Gasteiger partial charge < -0.3 is 0 Å². The maximum absolute atomic E-state index is 13.2. The number of rotatable bonds is 5. The number of hydrogen-bond donors (Lipinski definition) is 0. The minimum atomic E-state index is -0.655. The van der Waals surface area contributed by atoms with Crippen molar-refractivity contribution >= 4 is 11.6 Å². The second kappa shape index (κ2) is 6.72. The first-order valence-electron chi connectivity index (χ1n) is 8.79. The Hall–Kier alpha value is -2.22. The van der Waals surface area contributed by atoms with Gasteiger partial charge in [0.05, 0.1) is 5.41 Å². The Morgan fingerprint density at radius 3 is 2.33 bits per heavy atom. The van der Waals surface area contributed by atoms with E-state index in [1.165, 1.54) is 0 Å². The molecule has 0 bridgehead atoms. The number of carbonyl (C=O) groups excluding carboxylic acids is 2. The van der Waals surface area contributed by atoms with Crippen LogP contribution >= 0.6 is 0 Å². The van der Waals surface area contributed by atoms with E-state index in [2.05, 4.69) is 0 Å². The summed E-state index contributed by atoms with van der Waals surface area (Å²) < 4.78 is 0. The van der Waals surface area contributed by atoms with Crippen molar-refractivity contribution in [2.24, 2.45) is 5.92 Å². The van der Waals surface area contributed by atoms with E-state index >= 15 is 0 Å². The van der Waals surface area contributed by atoms with Gasteiger partial charge in [-0.05, 0) is 25.3 Å². The summed E-state index contributed by atoms with van der Waals surface area (Å²) in [6.45, 7) is 3.91. The highest BCUT2D eigenvalue weighted by Crippen LogP contribution is 2.48. The Balaban J connectivity index is 2.06. The van der Waals surface area contributed by atoms with Crippen LogP contribution in [0.5, 0.6) is 0 Å². The third kappa shape index (κ3) is 2.71. The average Bonchev–Trinajstić information content (AvgIpc) is 3.08. The fraction of sp³-hybridized carbons (Fsp3) is 0.364. The van der Waals surface area contributed by atoms with Gasteiger partial charge in [0.2, 0.25) is 0 Å². The zero-order valence-corrected chi connectivity index (χ0v) is 14.4. The van der Waals surface area contributed by atoms with E-state index in [0.29, 0.717) is 6.42 Å². The van der Waals surface area contributed by atoms with E-state index in [-0.39, 0.29) is 17.5 Å². The smallest absolute Gasteiger partial charge is 0.167 e. The van der Waals surface area contributed by atoms with Gasteiger partial charge in [0.1, 0.15) is 5.78 Å². The van der Waals surface area contributed by atoms with Crippen molar-refractivity contribution in [1.82, 2.24) is 0 Å². The Kier molecular flexibility index (Phi) is 4.66. The lowest BCUT2D eigenvalue weighted by Crippen LogP contribution is -2.42. The molecule has 0 saturated heterocycles. The highest BCUT2D eigenvalue weighted by Gasteiger charge is 2.51. The molecule has 2 atom stereocenters. The Labute approximate surface area is 143 Å². The number of benzene rings is 2. The third-order valence-electron chi connectivity index (χ3n) is 5.42. The normalized spacial score (nSPS) is 23.2. The van der Waals surface area contributed by atoms with Gasteiger partial charge in [-0.1, -0.05) is 73.5 Å². The van der Waals surface area contributed by atoms with E-state index < -0.39 is 5.41 Å². The molecule has 24 heavy (non-hydrogen) atoms. The van der Waals surface area contributed by atoms with E-state index in [9.17, 15) is 9.59 Å². The predicted octanol–water partition coefficient (Wildman–Crippen LogP) is 4.89. The largest absolute Gasteiger partial charge is 0.299 e. The number of Topliss-reactive ketones (excluding diaryl/α,β-unsaturated/α-hetero) is 2. The SMILES string of the molecule is CCC(=O)C1(c2ccccc2)CCCC1C(=O)c1ccc(C)cc1. The Morgan fingerprint density at radius 1 is 1.04 bits per heavy atom. The minimum absolute atomic E-state index is 0.109. The molecule has 2 heteroatoms. The molecule has 0 heterocycles. The van der Waals surface area contributed by atoms with Gasteiger partial charge >= 0.3 is 0 Å². The summed E-state index contributed by atoms with van der Waals surface area (Å²) in [6.07, 6.45) is 2.94. The van der Waals surface area contributed by atoms with Crippen molar-refractivity contribution in [1.29, 1.82) is 0 Å². The zero-order valence-electron chi connectivity index (χ0n) is 14.4. The van der Waals surface area contributed by atoms with Crippen LogP contribution in [0.4, 0.5) is 0 Å². The van der Waals surface area contributed by atoms with Gasteiger partial charge in [0, 0.05) is 17.9 Å². The van der Waals surface area contributed by atoms with Crippen LogP contribution in [0.15, 0.2) is 54.6 Å². The molecule has 1 saturated carbocycles. The van der Waals surface area contributed by atoms with Crippen molar-refractivity contribution in [3.8, 4) is 0 Å². The molecular weight excluding hydrogens is 296 g/mol. The molecule has 2 aromatic rings. The summed E-state index contributed by atoms with van der Waals surface area (Å²) in [6, 6.07) is 17.6. The topological polar surface area (TPSA) is 34.1 Å². The first kappa shape index (κ1) is 16.6. The van der Waals surface area contributed by atoms with Crippen LogP contribution in [0.25, 0.3) is 0 Å². The second-order valence-electron chi connectivity index (χ2n) is 6.79. The lowest BCUT2D eigenvalue weighted by Gasteiger charge is -2.34. The Morgan fingerprint density at radius 2 is 1.71 bits per heavy atom. The van der Waals surface area contributed by atoms with Crippen LogP contribution in [0.2, 0.25) is 0 Å². The third-order valence-corrected chi connectivity index (χ3v) is 5.42. The molecule has 2 unspecified atom stereocenters. The molecule has 0 amide bonds. The molecule has 0 aromatic heterocycles. The maximum Gasteiger partial charge on any atom is 0.167 e. The highest BCUT2D eigenvalue weighted by molar-refractivity contribution is 6.04. The van der Waals surface area contributed by atoms with Gasteiger partial charge in [-0.15, -0.1) is 0 Å². The van der Waals surface area contributed by atoms with Gasteiger partial charge in [0.15, 0.2) is 5.78 Å². The van der Waals surface area contributed by atoms with E-state index in [4.69, 9.17) is 0 Å². The lowest BCUT2D eigenvalue weighted by atomic mass is 9.66. The molecule has 1 fully saturated rings. The summed E-state index contributed by atoms with van der Waals surface area (Å²) in [7, 11) is 0. The minimum Gasteiger partial charge on any atom is -0.299 e. The van der Waals surface area contributed by atoms with E-state index in [1.54, 1.807) is 0 Å². The van der Waals surface area contributed by atoms with Crippen molar-refractivity contribution in [2.45, 2.75) is 44.9 Å². The predicted molar refractivity (Wildman–Crippen MR) is 96.3 cm³/mol. The Bertz CT molecular complexity index is 730. The average molecular weight is 320 g/mol. The summed E-state index contributed by atoms with van der Waals surface area (Å²) in [4.78, 5) is 26.2. The van der Waals surface area contributed by atoms with Crippen molar-refractivity contribution < 1.29 is 9.59 Å². The molecule has 0 N–H and O–H groups in total. The molecule has 0 spiro atoms. The van der Waals surface area contributed by atoms with Gasteiger partial charge in [-0.25, -0.2) is 0 Å². The molecule has 2 nitrogen and oxygen atoms in total. The summed E-state index contributed by atoms with van der Waals surface area (Å²) in [5, 5.41) is 0. The van der Waals surface area contributed by atoms with E-state index in [0.717, 1.165) is 36.0 Å². The van der Waals surface area contributed by atoms with Crippen LogP contribution in [-0.2, 0) is 10.2 Å². The second-order valence-corrected chi connectivity index (χ2v) is 6.79. The quantitative estimate of drug-likeness (QED) is 0.735. The zero-order chi connectivity index (χ0) is 17.2. The molecular formula is C22H24O2. The van der Waals surface area contributed by atoms with Crippen molar-refractivity contribution in [2.75, 3.05) is 0 Å². The summed E-state index contributed by atoms with van der Waals surface area (Å²) in [5.74, 6) is 0.0462. The molecule has 0 radical (unpaired) electrons. The first-order valence-corrected chi connectivity index (χ1v) is 8.79. The molecule has 124 valence electrons. The maximum atomic E-state index is 13.2. The fourth-order valence-electron chi connectivity index (χ4n) is 4.17. The van der Waals surface area contributed by atoms with Crippen molar-refractivity contribution in [3.63, 3.8) is 0 Å². The number of hydrogen-bond acceptors (Lipinski definition) is 2. The summed E-state index contributed by atoms with van der Waals surface area (Å²) in [5.41, 5.74) is 2.20. The molecule has 0 aliphatic heterocycles. The molecule has 2 aromatic carbocycles. The van der Waals surface area contributed by atoms with Gasteiger partial charge in [-0.3, -0.25) is 9.59 Å². The number of aryl methyl sites for hydroxylation is 1. The fourth-order valence-corrected chi connectivity index (χ4v) is 4.17. The van der Waals surface area contributed by atoms with Crippen LogP contribution in [-0.4, -0.2) is 11.6 Å². The van der Waals surface area contributed by atoms with Crippen LogP contribution in [0.1, 0.15) is 54.1 Å². The molecule has 1 aliphatic rings. The standard InChI is InChI=1S/C22H24O2/c1-3-20(23)22(18-8-5-4-6-9-18)15-7-10-19(22)21(24)17-13-11-16(2)12-14-17/h4-6,8-9,11-14,19H,3,7,10,15H2,1-2H3. The lowest BCUT2D eigenvalue weighted by molar-refractivity contribution is -0.125. The monoisotopic (exact) mass is 320 g/mol. The van der Waals surface area contributed by atoms with Gasteiger partial charge in [-0.2, -0.15) is 0 Å². The summed E-state index contributed by atoms with van der Waals surface area (Å²) >= 11 is 0. The van der Waals surface area contributed by atoms with Crippen LogP contribution in [0.3, 0.4) is 0 Å². The van der Waals surface area contributed by atoms with Crippen LogP contribution in [0, 0.1) is 12.8 Å². The number of ketones is 2.